The van der Waals surface area contributed by atoms with Gasteiger partial charge in [-0.3, -0.25) is 9.59 Å². The highest BCUT2D eigenvalue weighted by atomic mass is 35.5. The van der Waals surface area contributed by atoms with Crippen molar-refractivity contribution in [3.8, 4) is 0 Å². The first-order chi connectivity index (χ1) is 9.11. The Morgan fingerprint density at radius 2 is 2.15 bits per heavy atom. The van der Waals surface area contributed by atoms with Gasteiger partial charge in [0.05, 0.1) is 0 Å². The zero-order chi connectivity index (χ0) is 13.8. The number of nitrogens with zero attached hydrogens (tertiary/aromatic N) is 1. The van der Waals surface area contributed by atoms with Crippen molar-refractivity contribution in [2.45, 2.75) is 12.8 Å². The van der Waals surface area contributed by atoms with Crippen molar-refractivity contribution in [1.29, 1.82) is 0 Å². The molecule has 1 aliphatic rings. The number of aryl methyl sites for hydroxylation is 1. The summed E-state index contributed by atoms with van der Waals surface area (Å²) in [6.07, 6.45) is 1.18. The van der Waals surface area contributed by atoms with E-state index in [0.29, 0.717) is 24.9 Å². The highest BCUT2D eigenvalue weighted by Gasteiger charge is 2.18. The molecular formula is C14H20ClN3O2. The number of hydrogen-bond acceptors (Lipinski definition) is 3. The van der Waals surface area contributed by atoms with Crippen LogP contribution in [0.5, 0.6) is 0 Å². The molecule has 2 amide bonds. The zero-order valence-electron chi connectivity index (χ0n) is 11.7. The lowest BCUT2D eigenvalue weighted by molar-refractivity contribution is -0.116. The van der Waals surface area contributed by atoms with Crippen LogP contribution in [-0.2, 0) is 11.2 Å². The molecule has 0 saturated heterocycles. The van der Waals surface area contributed by atoms with E-state index in [1.807, 2.05) is 19.2 Å². The third-order valence-corrected chi connectivity index (χ3v) is 3.29. The molecule has 0 saturated carbocycles. The van der Waals surface area contributed by atoms with Gasteiger partial charge in [0.25, 0.3) is 5.91 Å². The molecule has 0 fully saturated rings. The SMILES string of the molecule is CNCCN(C)C(=O)c1ccc2c(c1)CCC(=O)N2.Cl. The first-order valence-electron chi connectivity index (χ1n) is 6.44. The Bertz CT molecular complexity index is 505. The summed E-state index contributed by atoms with van der Waals surface area (Å²) in [6, 6.07) is 5.46. The van der Waals surface area contributed by atoms with Crippen LogP contribution in [0.4, 0.5) is 5.69 Å². The number of halogens is 1. The summed E-state index contributed by atoms with van der Waals surface area (Å²) in [5, 5.41) is 5.83. The fourth-order valence-corrected chi connectivity index (χ4v) is 2.12. The van der Waals surface area contributed by atoms with E-state index in [4.69, 9.17) is 0 Å². The van der Waals surface area contributed by atoms with Gasteiger partial charge in [-0.1, -0.05) is 0 Å². The summed E-state index contributed by atoms with van der Waals surface area (Å²) in [5.41, 5.74) is 2.53. The molecule has 0 aliphatic carbocycles. The number of fused-ring (bicyclic) bond motifs is 1. The predicted octanol–water partition coefficient (Wildman–Crippen LogP) is 1.28. The Kier molecular flexibility index (Phi) is 5.98. The van der Waals surface area contributed by atoms with Crippen molar-refractivity contribution in [3.63, 3.8) is 0 Å². The molecule has 0 radical (unpaired) electrons. The fraction of sp³-hybridized carbons (Fsp3) is 0.429. The lowest BCUT2D eigenvalue weighted by Gasteiger charge is -2.20. The average molecular weight is 298 g/mol. The highest BCUT2D eigenvalue weighted by Crippen LogP contribution is 2.23. The quantitative estimate of drug-likeness (QED) is 0.880. The van der Waals surface area contributed by atoms with Crippen molar-refractivity contribution in [1.82, 2.24) is 10.2 Å². The van der Waals surface area contributed by atoms with E-state index in [1.54, 1.807) is 18.0 Å². The summed E-state index contributed by atoms with van der Waals surface area (Å²) in [5.74, 6) is 0.0488. The number of rotatable bonds is 4. The van der Waals surface area contributed by atoms with Crippen LogP contribution in [0.25, 0.3) is 0 Å². The molecule has 6 heteroatoms. The average Bonchev–Trinajstić information content (AvgIpc) is 2.43. The van der Waals surface area contributed by atoms with E-state index < -0.39 is 0 Å². The fourth-order valence-electron chi connectivity index (χ4n) is 2.12. The summed E-state index contributed by atoms with van der Waals surface area (Å²) < 4.78 is 0. The Hall–Kier alpha value is -1.59. The number of nitrogens with one attached hydrogen (secondary N) is 2. The summed E-state index contributed by atoms with van der Waals surface area (Å²) >= 11 is 0. The van der Waals surface area contributed by atoms with E-state index >= 15 is 0 Å². The second kappa shape index (κ2) is 7.26. The largest absolute Gasteiger partial charge is 0.340 e. The van der Waals surface area contributed by atoms with Gasteiger partial charge in [0.15, 0.2) is 0 Å². The zero-order valence-corrected chi connectivity index (χ0v) is 12.5. The second-order valence-electron chi connectivity index (χ2n) is 4.75. The van der Waals surface area contributed by atoms with Crippen LogP contribution in [0.15, 0.2) is 18.2 Å². The van der Waals surface area contributed by atoms with E-state index in [0.717, 1.165) is 17.8 Å². The Morgan fingerprint density at radius 1 is 1.40 bits per heavy atom. The molecule has 2 rings (SSSR count). The third kappa shape index (κ3) is 3.71. The molecule has 1 aromatic carbocycles. The lowest BCUT2D eigenvalue weighted by atomic mass is 10.00. The maximum Gasteiger partial charge on any atom is 0.253 e. The van der Waals surface area contributed by atoms with Crippen LogP contribution >= 0.6 is 12.4 Å². The minimum Gasteiger partial charge on any atom is -0.340 e. The van der Waals surface area contributed by atoms with Gasteiger partial charge in [-0.2, -0.15) is 0 Å². The molecule has 1 heterocycles. The second-order valence-corrected chi connectivity index (χ2v) is 4.75. The van der Waals surface area contributed by atoms with Crippen LogP contribution in [0.2, 0.25) is 0 Å². The van der Waals surface area contributed by atoms with Gasteiger partial charge in [-0.15, -0.1) is 12.4 Å². The monoisotopic (exact) mass is 297 g/mol. The van der Waals surface area contributed by atoms with Crippen LogP contribution in [0.1, 0.15) is 22.3 Å². The number of likely N-dealkylation sites (N-methyl/N-ethyl adjacent to an activating group) is 2. The van der Waals surface area contributed by atoms with Gasteiger partial charge in [0.2, 0.25) is 5.91 Å². The van der Waals surface area contributed by atoms with E-state index in [1.165, 1.54) is 0 Å². The normalized spacial score (nSPS) is 13.0. The molecule has 2 N–H and O–H groups in total. The predicted molar refractivity (Wildman–Crippen MR) is 81.5 cm³/mol. The van der Waals surface area contributed by atoms with Crippen molar-refractivity contribution in [2.24, 2.45) is 0 Å². The summed E-state index contributed by atoms with van der Waals surface area (Å²) in [6.45, 7) is 1.44. The van der Waals surface area contributed by atoms with Gasteiger partial charge in [-0.25, -0.2) is 0 Å². The number of hydrogen-bond donors (Lipinski definition) is 2. The molecule has 1 aliphatic heterocycles. The van der Waals surface area contributed by atoms with Crippen LogP contribution in [0, 0.1) is 0 Å². The molecule has 0 aromatic heterocycles. The van der Waals surface area contributed by atoms with Gasteiger partial charge < -0.3 is 15.5 Å². The Morgan fingerprint density at radius 3 is 2.85 bits per heavy atom. The summed E-state index contributed by atoms with van der Waals surface area (Å²) in [4.78, 5) is 25.2. The topological polar surface area (TPSA) is 61.4 Å². The minimum atomic E-state index is 0. The number of amides is 2. The lowest BCUT2D eigenvalue weighted by Crippen LogP contribution is -2.33. The smallest absolute Gasteiger partial charge is 0.253 e. The Balaban J connectivity index is 0.00000200. The van der Waals surface area contributed by atoms with E-state index in [-0.39, 0.29) is 24.2 Å². The van der Waals surface area contributed by atoms with Gasteiger partial charge in [0, 0.05) is 37.8 Å². The van der Waals surface area contributed by atoms with Crippen molar-refractivity contribution >= 4 is 29.9 Å². The number of carbonyl (C=O) groups excluding carboxylic acids is 2. The first-order valence-corrected chi connectivity index (χ1v) is 6.44. The standard InChI is InChI=1S/C14H19N3O2.ClH/c1-15-7-8-17(2)14(19)11-3-5-12-10(9-11)4-6-13(18)16-12;/h3,5,9,15H,4,6-8H2,1-2H3,(H,16,18);1H. The molecule has 0 spiro atoms. The number of anilines is 1. The van der Waals surface area contributed by atoms with Gasteiger partial charge in [0.1, 0.15) is 0 Å². The number of carbonyl (C=O) groups is 2. The summed E-state index contributed by atoms with van der Waals surface area (Å²) in [7, 11) is 3.65. The van der Waals surface area contributed by atoms with Crippen molar-refractivity contribution in [3.05, 3.63) is 29.3 Å². The molecule has 0 bridgehead atoms. The van der Waals surface area contributed by atoms with Crippen molar-refractivity contribution in [2.75, 3.05) is 32.5 Å². The van der Waals surface area contributed by atoms with Gasteiger partial charge in [-0.05, 0) is 37.2 Å². The number of benzene rings is 1. The van der Waals surface area contributed by atoms with Gasteiger partial charge >= 0.3 is 0 Å². The van der Waals surface area contributed by atoms with Crippen LogP contribution < -0.4 is 10.6 Å². The highest BCUT2D eigenvalue weighted by molar-refractivity contribution is 5.97. The van der Waals surface area contributed by atoms with E-state index in [9.17, 15) is 9.59 Å². The molecule has 110 valence electrons. The van der Waals surface area contributed by atoms with E-state index in [2.05, 4.69) is 10.6 Å². The maximum atomic E-state index is 12.2. The third-order valence-electron chi connectivity index (χ3n) is 3.29. The Labute approximate surface area is 125 Å². The minimum absolute atomic E-state index is 0. The van der Waals surface area contributed by atoms with Crippen molar-refractivity contribution < 1.29 is 9.59 Å². The maximum absolute atomic E-state index is 12.2. The molecule has 0 atom stereocenters. The molecular weight excluding hydrogens is 278 g/mol. The first kappa shape index (κ1) is 16.5. The van der Waals surface area contributed by atoms with Crippen LogP contribution in [0.3, 0.4) is 0 Å². The van der Waals surface area contributed by atoms with Crippen LogP contribution in [-0.4, -0.2) is 43.9 Å². The molecule has 1 aromatic rings. The molecule has 0 unspecified atom stereocenters. The molecule has 20 heavy (non-hydrogen) atoms. The molecule has 5 nitrogen and oxygen atoms in total.